The first-order valence-corrected chi connectivity index (χ1v) is 6.51. The molecule has 0 aliphatic carbocycles. The van der Waals surface area contributed by atoms with Crippen molar-refractivity contribution in [1.29, 1.82) is 0 Å². The first-order chi connectivity index (χ1) is 8.49. The van der Waals surface area contributed by atoms with Crippen LogP contribution in [0, 0.1) is 5.92 Å². The van der Waals surface area contributed by atoms with Crippen LogP contribution in [0.15, 0.2) is 30.3 Å². The molecule has 1 rings (SSSR count). The molecule has 0 amide bonds. The van der Waals surface area contributed by atoms with E-state index in [1.807, 2.05) is 37.3 Å². The number of rotatable bonds is 7. The zero-order chi connectivity index (χ0) is 13.5. The molecule has 100 valence electrons. The minimum Gasteiger partial charge on any atom is -0.480 e. The predicted molar refractivity (Wildman–Crippen MR) is 73.6 cm³/mol. The van der Waals surface area contributed by atoms with E-state index in [1.165, 1.54) is 0 Å². The van der Waals surface area contributed by atoms with E-state index >= 15 is 0 Å². The maximum Gasteiger partial charge on any atom is 0.321 e. The number of carboxylic acid groups (broad SMARTS) is 1. The lowest BCUT2D eigenvalue weighted by atomic mass is 10.0. The van der Waals surface area contributed by atoms with Gasteiger partial charge in [0.2, 0.25) is 0 Å². The van der Waals surface area contributed by atoms with Crippen molar-refractivity contribution in [2.45, 2.75) is 45.7 Å². The SMILES string of the molecule is CC(C)CC(C)N[C@@H](Cc1ccccc1)C(=O)O. The molecule has 0 spiro atoms. The Bertz CT molecular complexity index is 362. The number of hydrogen-bond donors (Lipinski definition) is 2. The van der Waals surface area contributed by atoms with E-state index in [-0.39, 0.29) is 6.04 Å². The van der Waals surface area contributed by atoms with E-state index < -0.39 is 12.0 Å². The third-order valence-corrected chi connectivity index (χ3v) is 2.89. The molecule has 1 aromatic carbocycles. The van der Waals surface area contributed by atoms with Gasteiger partial charge < -0.3 is 10.4 Å². The summed E-state index contributed by atoms with van der Waals surface area (Å²) in [6, 6.07) is 9.44. The van der Waals surface area contributed by atoms with Crippen LogP contribution in [0.1, 0.15) is 32.8 Å². The van der Waals surface area contributed by atoms with Crippen LogP contribution < -0.4 is 5.32 Å². The lowest BCUT2D eigenvalue weighted by molar-refractivity contribution is -0.139. The molecule has 0 heterocycles. The standard InChI is InChI=1S/C15H23NO2/c1-11(2)9-12(3)16-14(15(17)18)10-13-7-5-4-6-8-13/h4-8,11-12,14,16H,9-10H2,1-3H3,(H,17,18)/t12?,14-/m0/s1. The van der Waals surface area contributed by atoms with Crippen molar-refractivity contribution in [1.82, 2.24) is 5.32 Å². The van der Waals surface area contributed by atoms with Gasteiger partial charge in [-0.25, -0.2) is 0 Å². The predicted octanol–water partition coefficient (Wildman–Crippen LogP) is 2.71. The molecule has 18 heavy (non-hydrogen) atoms. The van der Waals surface area contributed by atoms with Gasteiger partial charge in [0.05, 0.1) is 0 Å². The summed E-state index contributed by atoms with van der Waals surface area (Å²) in [4.78, 5) is 11.3. The minimum absolute atomic E-state index is 0.217. The van der Waals surface area contributed by atoms with E-state index in [0.717, 1.165) is 12.0 Å². The summed E-state index contributed by atoms with van der Waals surface area (Å²) >= 11 is 0. The maximum atomic E-state index is 11.3. The molecular weight excluding hydrogens is 226 g/mol. The summed E-state index contributed by atoms with van der Waals surface area (Å²) in [7, 11) is 0. The van der Waals surface area contributed by atoms with Gasteiger partial charge in [0.15, 0.2) is 0 Å². The number of benzene rings is 1. The minimum atomic E-state index is -0.783. The highest BCUT2D eigenvalue weighted by Gasteiger charge is 2.20. The number of nitrogens with one attached hydrogen (secondary N) is 1. The Balaban J connectivity index is 2.58. The molecule has 0 aliphatic heterocycles. The average molecular weight is 249 g/mol. The Hall–Kier alpha value is -1.35. The van der Waals surface area contributed by atoms with Crippen molar-refractivity contribution < 1.29 is 9.90 Å². The highest BCUT2D eigenvalue weighted by molar-refractivity contribution is 5.74. The van der Waals surface area contributed by atoms with E-state index in [9.17, 15) is 9.90 Å². The fourth-order valence-corrected chi connectivity index (χ4v) is 2.19. The summed E-state index contributed by atoms with van der Waals surface area (Å²) < 4.78 is 0. The van der Waals surface area contributed by atoms with E-state index in [2.05, 4.69) is 19.2 Å². The Morgan fingerprint density at radius 1 is 1.22 bits per heavy atom. The lowest BCUT2D eigenvalue weighted by Gasteiger charge is -2.21. The fourth-order valence-electron chi connectivity index (χ4n) is 2.19. The Morgan fingerprint density at radius 2 is 1.83 bits per heavy atom. The molecule has 0 bridgehead atoms. The van der Waals surface area contributed by atoms with Crippen molar-refractivity contribution in [3.8, 4) is 0 Å². The summed E-state index contributed by atoms with van der Waals surface area (Å²) in [5.41, 5.74) is 1.05. The molecule has 3 nitrogen and oxygen atoms in total. The van der Waals surface area contributed by atoms with Gasteiger partial charge in [-0.15, -0.1) is 0 Å². The topological polar surface area (TPSA) is 49.3 Å². The molecule has 1 aromatic rings. The number of aliphatic carboxylic acids is 1. The van der Waals surface area contributed by atoms with E-state index in [1.54, 1.807) is 0 Å². The third kappa shape index (κ3) is 5.32. The number of carboxylic acids is 1. The Morgan fingerprint density at radius 3 is 2.33 bits per heavy atom. The second kappa shape index (κ2) is 7.17. The lowest BCUT2D eigenvalue weighted by Crippen LogP contribution is -2.44. The fraction of sp³-hybridized carbons (Fsp3) is 0.533. The van der Waals surface area contributed by atoms with E-state index in [0.29, 0.717) is 12.3 Å². The quantitative estimate of drug-likeness (QED) is 0.781. The van der Waals surface area contributed by atoms with Gasteiger partial charge in [-0.1, -0.05) is 44.2 Å². The molecular formula is C15H23NO2. The second-order valence-electron chi connectivity index (χ2n) is 5.28. The normalized spacial score (nSPS) is 14.4. The van der Waals surface area contributed by atoms with Gasteiger partial charge >= 0.3 is 5.97 Å². The first-order valence-electron chi connectivity index (χ1n) is 6.51. The van der Waals surface area contributed by atoms with Gasteiger partial charge in [0.25, 0.3) is 0 Å². The zero-order valence-corrected chi connectivity index (χ0v) is 11.4. The molecule has 2 atom stereocenters. The highest BCUT2D eigenvalue weighted by atomic mass is 16.4. The van der Waals surface area contributed by atoms with Crippen LogP contribution in [0.5, 0.6) is 0 Å². The smallest absolute Gasteiger partial charge is 0.321 e. The van der Waals surface area contributed by atoms with Crippen LogP contribution in [0.3, 0.4) is 0 Å². The molecule has 2 N–H and O–H groups in total. The van der Waals surface area contributed by atoms with Gasteiger partial charge in [-0.3, -0.25) is 4.79 Å². The number of carbonyl (C=O) groups is 1. The van der Waals surface area contributed by atoms with Crippen LogP contribution in [0.4, 0.5) is 0 Å². The molecule has 0 fully saturated rings. The maximum absolute atomic E-state index is 11.3. The first kappa shape index (κ1) is 14.7. The molecule has 0 aliphatic rings. The van der Waals surface area contributed by atoms with Crippen molar-refractivity contribution in [3.63, 3.8) is 0 Å². The van der Waals surface area contributed by atoms with Crippen molar-refractivity contribution in [2.75, 3.05) is 0 Å². The summed E-state index contributed by atoms with van der Waals surface area (Å²) in [6.07, 6.45) is 1.51. The molecule has 1 unspecified atom stereocenters. The molecule has 3 heteroatoms. The van der Waals surface area contributed by atoms with Gasteiger partial charge in [0, 0.05) is 6.04 Å². The Kier molecular flexibility index (Phi) is 5.86. The molecule has 0 aromatic heterocycles. The highest BCUT2D eigenvalue weighted by Crippen LogP contribution is 2.08. The molecule has 0 radical (unpaired) electrons. The summed E-state index contributed by atoms with van der Waals surface area (Å²) in [5.74, 6) is -0.215. The van der Waals surface area contributed by atoms with Gasteiger partial charge in [0.1, 0.15) is 6.04 Å². The average Bonchev–Trinajstić information content (AvgIpc) is 2.28. The van der Waals surface area contributed by atoms with Crippen LogP contribution in [-0.2, 0) is 11.2 Å². The largest absolute Gasteiger partial charge is 0.480 e. The van der Waals surface area contributed by atoms with Crippen molar-refractivity contribution >= 4 is 5.97 Å². The van der Waals surface area contributed by atoms with Crippen molar-refractivity contribution in [3.05, 3.63) is 35.9 Å². The molecule has 0 saturated carbocycles. The number of hydrogen-bond acceptors (Lipinski definition) is 2. The van der Waals surface area contributed by atoms with Crippen molar-refractivity contribution in [2.24, 2.45) is 5.92 Å². The zero-order valence-electron chi connectivity index (χ0n) is 11.4. The second-order valence-corrected chi connectivity index (χ2v) is 5.28. The Labute approximate surface area is 109 Å². The van der Waals surface area contributed by atoms with Gasteiger partial charge in [-0.05, 0) is 31.2 Å². The van der Waals surface area contributed by atoms with Crippen LogP contribution in [0.2, 0.25) is 0 Å². The van der Waals surface area contributed by atoms with Crippen LogP contribution in [-0.4, -0.2) is 23.2 Å². The van der Waals surface area contributed by atoms with Crippen LogP contribution >= 0.6 is 0 Å². The van der Waals surface area contributed by atoms with Crippen LogP contribution in [0.25, 0.3) is 0 Å². The third-order valence-electron chi connectivity index (χ3n) is 2.89. The summed E-state index contributed by atoms with van der Waals surface area (Å²) in [6.45, 7) is 6.33. The molecule has 0 saturated heterocycles. The monoisotopic (exact) mass is 249 g/mol. The van der Waals surface area contributed by atoms with E-state index in [4.69, 9.17) is 0 Å². The van der Waals surface area contributed by atoms with Gasteiger partial charge in [-0.2, -0.15) is 0 Å². The summed E-state index contributed by atoms with van der Waals surface area (Å²) in [5, 5.41) is 12.5.